The summed E-state index contributed by atoms with van der Waals surface area (Å²) in [5.41, 5.74) is 1.86. The van der Waals surface area contributed by atoms with Crippen molar-refractivity contribution in [3.8, 4) is 0 Å². The van der Waals surface area contributed by atoms with Crippen LogP contribution in [0.1, 0.15) is 0 Å². The van der Waals surface area contributed by atoms with Gasteiger partial charge in [-0.1, -0.05) is 23.7 Å². The number of nitrogens with zero attached hydrogens (tertiary/aromatic N) is 4. The minimum Gasteiger partial charge on any atom is -0.371 e. The van der Waals surface area contributed by atoms with Crippen LogP contribution in [0.4, 0.5) is 22.9 Å². The van der Waals surface area contributed by atoms with Crippen LogP contribution < -0.4 is 9.80 Å². The molecule has 3 rings (SSSR count). The van der Waals surface area contributed by atoms with E-state index in [-0.39, 0.29) is 16.7 Å². The fourth-order valence-electron chi connectivity index (χ4n) is 2.49. The Balaban J connectivity index is 2.16. The van der Waals surface area contributed by atoms with Crippen LogP contribution in [0.3, 0.4) is 0 Å². The highest BCUT2D eigenvalue weighted by Crippen LogP contribution is 2.39. The van der Waals surface area contributed by atoms with E-state index >= 15 is 0 Å². The lowest BCUT2D eigenvalue weighted by molar-refractivity contribution is -0.384. The number of anilines is 3. The molecule has 0 saturated heterocycles. The number of hydrogen-bond donors (Lipinski definition) is 0. The monoisotopic (exact) mass is 304 g/mol. The van der Waals surface area contributed by atoms with Gasteiger partial charge in [-0.05, 0) is 18.2 Å². The minimum atomic E-state index is -0.431. The second-order valence-electron chi connectivity index (χ2n) is 4.80. The molecule has 1 aliphatic heterocycles. The molecule has 1 aliphatic rings. The highest BCUT2D eigenvalue weighted by molar-refractivity contribution is 6.29. The average molecular weight is 305 g/mol. The third kappa shape index (κ3) is 2.38. The van der Waals surface area contributed by atoms with Gasteiger partial charge in [0.25, 0.3) is 0 Å². The van der Waals surface area contributed by atoms with Gasteiger partial charge in [0, 0.05) is 26.2 Å². The Morgan fingerprint density at radius 2 is 1.90 bits per heavy atom. The first-order valence-corrected chi connectivity index (χ1v) is 6.84. The molecule has 2 heterocycles. The predicted octanol–water partition coefficient (Wildman–Crippen LogP) is 3.23. The molecule has 108 valence electrons. The van der Waals surface area contributed by atoms with E-state index in [2.05, 4.69) is 9.88 Å². The number of likely N-dealkylation sites (N-methyl/N-ethyl adjacent to an activating group) is 1. The van der Waals surface area contributed by atoms with Gasteiger partial charge in [0.15, 0.2) is 0 Å². The van der Waals surface area contributed by atoms with Crippen LogP contribution in [0.2, 0.25) is 5.15 Å². The van der Waals surface area contributed by atoms with Crippen LogP contribution >= 0.6 is 11.6 Å². The molecule has 0 radical (unpaired) electrons. The van der Waals surface area contributed by atoms with Crippen molar-refractivity contribution in [1.29, 1.82) is 0 Å². The van der Waals surface area contributed by atoms with E-state index in [4.69, 9.17) is 11.6 Å². The molecule has 0 fully saturated rings. The van der Waals surface area contributed by atoms with Crippen molar-refractivity contribution in [1.82, 2.24) is 4.98 Å². The number of rotatable bonds is 2. The lowest BCUT2D eigenvalue weighted by Crippen LogP contribution is -2.37. The number of para-hydroxylation sites is 2. The zero-order valence-electron chi connectivity index (χ0n) is 11.4. The molecule has 7 heteroatoms. The Kier molecular flexibility index (Phi) is 3.39. The van der Waals surface area contributed by atoms with E-state index in [9.17, 15) is 10.1 Å². The molecule has 2 aromatic rings. The maximum absolute atomic E-state index is 11.2. The molecule has 0 bridgehead atoms. The van der Waals surface area contributed by atoms with Gasteiger partial charge in [-0.25, -0.2) is 4.98 Å². The quantitative estimate of drug-likeness (QED) is 0.484. The third-order valence-corrected chi connectivity index (χ3v) is 3.73. The van der Waals surface area contributed by atoms with E-state index in [1.165, 1.54) is 12.1 Å². The predicted molar refractivity (Wildman–Crippen MR) is 82.6 cm³/mol. The molecule has 21 heavy (non-hydrogen) atoms. The van der Waals surface area contributed by atoms with Gasteiger partial charge in [0.05, 0.1) is 16.3 Å². The van der Waals surface area contributed by atoms with Crippen molar-refractivity contribution in [3.63, 3.8) is 0 Å². The topological polar surface area (TPSA) is 62.5 Å². The van der Waals surface area contributed by atoms with Gasteiger partial charge >= 0.3 is 5.69 Å². The summed E-state index contributed by atoms with van der Waals surface area (Å²) in [5, 5.41) is 11.5. The highest BCUT2D eigenvalue weighted by atomic mass is 35.5. The molecular weight excluding hydrogens is 292 g/mol. The molecule has 1 aromatic carbocycles. The molecule has 0 spiro atoms. The number of aromatic nitrogens is 1. The third-order valence-electron chi connectivity index (χ3n) is 3.52. The van der Waals surface area contributed by atoms with Crippen LogP contribution in [0, 0.1) is 10.1 Å². The van der Waals surface area contributed by atoms with Gasteiger partial charge < -0.3 is 9.80 Å². The summed E-state index contributed by atoms with van der Waals surface area (Å²) >= 11 is 5.93. The molecule has 6 nitrogen and oxygen atoms in total. The summed E-state index contributed by atoms with van der Waals surface area (Å²) < 4.78 is 0. The number of fused-ring (bicyclic) bond motifs is 1. The first kappa shape index (κ1) is 13.6. The van der Waals surface area contributed by atoms with Crippen LogP contribution in [0.25, 0.3) is 0 Å². The molecule has 0 N–H and O–H groups in total. The summed E-state index contributed by atoms with van der Waals surface area (Å²) in [6.45, 7) is 1.37. The fourth-order valence-corrected chi connectivity index (χ4v) is 2.63. The number of halogens is 1. The van der Waals surface area contributed by atoms with E-state index in [1.54, 1.807) is 0 Å². The average Bonchev–Trinajstić information content (AvgIpc) is 2.47. The molecule has 0 amide bonds. The van der Waals surface area contributed by atoms with E-state index in [0.29, 0.717) is 6.54 Å². The normalized spacial score (nSPS) is 14.0. The van der Waals surface area contributed by atoms with E-state index in [0.717, 1.165) is 17.9 Å². The van der Waals surface area contributed by atoms with Crippen molar-refractivity contribution >= 4 is 34.5 Å². The lowest BCUT2D eigenvalue weighted by atomic mass is 10.1. The van der Waals surface area contributed by atoms with Crippen LogP contribution in [0.15, 0.2) is 36.4 Å². The largest absolute Gasteiger partial charge is 0.371 e. The zero-order valence-corrected chi connectivity index (χ0v) is 12.1. The number of nitro groups is 1. The Hall–Kier alpha value is -2.34. The maximum atomic E-state index is 11.2. The van der Waals surface area contributed by atoms with E-state index < -0.39 is 4.92 Å². The molecule has 0 saturated carbocycles. The van der Waals surface area contributed by atoms with Gasteiger partial charge in [-0.2, -0.15) is 0 Å². The van der Waals surface area contributed by atoms with Crippen LogP contribution in [0.5, 0.6) is 0 Å². The molecule has 0 unspecified atom stereocenters. The Morgan fingerprint density at radius 3 is 2.62 bits per heavy atom. The maximum Gasteiger partial charge on any atom is 0.312 e. The van der Waals surface area contributed by atoms with E-state index in [1.807, 2.05) is 36.2 Å². The minimum absolute atomic E-state index is 0.0428. The first-order chi connectivity index (χ1) is 10.1. The second kappa shape index (κ2) is 5.21. The summed E-state index contributed by atoms with van der Waals surface area (Å²) in [6.07, 6.45) is 0. The summed E-state index contributed by atoms with van der Waals surface area (Å²) in [5.74, 6) is 0.285. The Labute approximate surface area is 126 Å². The molecule has 0 atom stereocenters. The van der Waals surface area contributed by atoms with Gasteiger partial charge in [-0.3, -0.25) is 10.1 Å². The summed E-state index contributed by atoms with van der Waals surface area (Å²) in [7, 11) is 2.00. The lowest BCUT2D eigenvalue weighted by Gasteiger charge is -2.35. The summed E-state index contributed by atoms with van der Waals surface area (Å²) in [6, 6.07) is 10.6. The smallest absolute Gasteiger partial charge is 0.312 e. The number of benzene rings is 1. The van der Waals surface area contributed by atoms with Crippen molar-refractivity contribution in [2.45, 2.75) is 0 Å². The first-order valence-electron chi connectivity index (χ1n) is 6.46. The number of pyridine rings is 1. The number of hydrogen-bond acceptors (Lipinski definition) is 5. The van der Waals surface area contributed by atoms with Crippen LogP contribution in [-0.2, 0) is 0 Å². The zero-order chi connectivity index (χ0) is 15.0. The Bertz CT molecular complexity index is 707. The SMILES string of the molecule is CN1CCN(c2nc(Cl)ccc2[N+](=O)[O-])c2ccccc21. The van der Waals surface area contributed by atoms with Crippen molar-refractivity contribution < 1.29 is 4.92 Å². The molecule has 0 aliphatic carbocycles. The van der Waals surface area contributed by atoms with Crippen molar-refractivity contribution in [2.24, 2.45) is 0 Å². The fraction of sp³-hybridized carbons (Fsp3) is 0.214. The van der Waals surface area contributed by atoms with Crippen molar-refractivity contribution in [2.75, 3.05) is 29.9 Å². The van der Waals surface area contributed by atoms with Crippen LogP contribution in [-0.4, -0.2) is 30.0 Å². The molecular formula is C14H13ClN4O2. The van der Waals surface area contributed by atoms with Gasteiger partial charge in [-0.15, -0.1) is 0 Å². The summed E-state index contributed by atoms with van der Waals surface area (Å²) in [4.78, 5) is 18.9. The highest BCUT2D eigenvalue weighted by Gasteiger charge is 2.28. The second-order valence-corrected chi connectivity index (χ2v) is 5.18. The van der Waals surface area contributed by atoms with Crippen molar-refractivity contribution in [3.05, 3.63) is 51.7 Å². The van der Waals surface area contributed by atoms with Gasteiger partial charge in [0.1, 0.15) is 5.15 Å². The van der Waals surface area contributed by atoms with Gasteiger partial charge in [0.2, 0.25) is 5.82 Å². The Morgan fingerprint density at radius 1 is 1.19 bits per heavy atom. The molecule has 1 aromatic heterocycles. The standard InChI is InChI=1S/C14H13ClN4O2/c1-17-8-9-18(11-5-3-2-4-10(11)17)14-12(19(20)21)6-7-13(15)16-14/h2-7H,8-9H2,1H3.